The average molecular weight is 303 g/mol. The van der Waals surface area contributed by atoms with Crippen molar-refractivity contribution in [2.24, 2.45) is 0 Å². The van der Waals surface area contributed by atoms with Crippen molar-refractivity contribution in [3.8, 4) is 11.5 Å². The van der Waals surface area contributed by atoms with Crippen LogP contribution in [0.25, 0.3) is 0 Å². The van der Waals surface area contributed by atoms with Crippen molar-refractivity contribution in [3.63, 3.8) is 0 Å². The largest absolute Gasteiger partial charge is 0.508 e. The normalized spacial score (nSPS) is 10.6. The summed E-state index contributed by atoms with van der Waals surface area (Å²) in [6.07, 6.45) is 6.50. The number of phenols is 2. The molecule has 0 radical (unpaired) electrons. The number of esters is 1. The molecule has 0 amide bonds. The molecule has 0 atom stereocenters. The lowest BCUT2D eigenvalue weighted by molar-refractivity contribution is 0.0507. The van der Waals surface area contributed by atoms with Gasteiger partial charge in [-0.05, 0) is 30.5 Å². The molecule has 1 aromatic carbocycles. The minimum Gasteiger partial charge on any atom is -0.508 e. The van der Waals surface area contributed by atoms with E-state index in [1.165, 1.54) is 6.07 Å². The topological polar surface area (TPSA) is 90.6 Å². The fourth-order valence-corrected chi connectivity index (χ4v) is 1.88. The summed E-state index contributed by atoms with van der Waals surface area (Å²) in [6, 6.07) is 2.44. The van der Waals surface area contributed by atoms with Gasteiger partial charge in [0.15, 0.2) is 0 Å². The maximum Gasteiger partial charge on any atom is 0.342 e. The average Bonchev–Trinajstić information content (AvgIpc) is 2.44. The quantitative estimate of drug-likeness (QED) is 0.297. The third-order valence-electron chi connectivity index (χ3n) is 2.88. The van der Waals surface area contributed by atoms with E-state index < -0.39 is 5.97 Å². The van der Waals surface area contributed by atoms with Crippen LogP contribution < -0.4 is 0 Å². The van der Waals surface area contributed by atoms with Crippen molar-refractivity contribution in [2.75, 3.05) is 6.61 Å². The van der Waals surface area contributed by atoms with Gasteiger partial charge in [-0.1, -0.05) is 19.1 Å². The first-order chi connectivity index (χ1) is 10.5. The number of rotatable bonds is 8. The molecule has 0 saturated carbocycles. The van der Waals surface area contributed by atoms with Gasteiger partial charge in [-0.25, -0.2) is 4.79 Å². The van der Waals surface area contributed by atoms with Gasteiger partial charge < -0.3 is 20.4 Å². The summed E-state index contributed by atoms with van der Waals surface area (Å²) in [5.74, 6) is -1.20. The van der Waals surface area contributed by atoms with Crippen molar-refractivity contribution < 1.29 is 19.7 Å². The maximum absolute atomic E-state index is 12.1. The van der Waals surface area contributed by atoms with Crippen molar-refractivity contribution in [1.82, 2.24) is 0 Å². The van der Waals surface area contributed by atoms with Crippen LogP contribution >= 0.6 is 0 Å². The van der Waals surface area contributed by atoms with Crippen molar-refractivity contribution in [2.45, 2.75) is 26.2 Å². The second-order valence-electron chi connectivity index (χ2n) is 4.72. The highest BCUT2D eigenvalue weighted by molar-refractivity contribution is 5.99. The molecule has 3 N–H and O–H groups in total. The first kappa shape index (κ1) is 17.5. The van der Waals surface area contributed by atoms with Crippen molar-refractivity contribution in [1.29, 1.82) is 5.41 Å². The molecule has 0 aliphatic rings. The molecule has 0 aliphatic heterocycles. The lowest BCUT2D eigenvalue weighted by Gasteiger charge is -2.11. The van der Waals surface area contributed by atoms with Crippen LogP contribution in [-0.2, 0) is 11.2 Å². The minimum atomic E-state index is -0.679. The molecule has 5 nitrogen and oxygen atoms in total. The molecule has 5 heteroatoms. The Kier molecular flexibility index (Phi) is 6.89. The van der Waals surface area contributed by atoms with E-state index in [9.17, 15) is 15.0 Å². The Morgan fingerprint density at radius 1 is 1.41 bits per heavy atom. The third-order valence-corrected chi connectivity index (χ3v) is 2.88. The van der Waals surface area contributed by atoms with Gasteiger partial charge >= 0.3 is 5.97 Å². The highest BCUT2D eigenvalue weighted by Crippen LogP contribution is 2.28. The number of nitrogens with one attached hydrogen (secondary N) is 1. The summed E-state index contributed by atoms with van der Waals surface area (Å²) in [6.45, 7) is 5.65. The SMILES string of the molecule is C=CCCOC(=O)c1c(O)cc(O)cc1CC(=N)/C=C/CC. The van der Waals surface area contributed by atoms with Gasteiger partial charge in [0.2, 0.25) is 0 Å². The molecule has 0 heterocycles. The molecule has 0 saturated heterocycles. The molecular weight excluding hydrogens is 282 g/mol. The number of carbonyl (C=O) groups excluding carboxylic acids is 1. The molecule has 22 heavy (non-hydrogen) atoms. The van der Waals surface area contributed by atoms with Gasteiger partial charge in [0.05, 0.1) is 6.61 Å². The van der Waals surface area contributed by atoms with Crippen LogP contribution in [0, 0.1) is 5.41 Å². The van der Waals surface area contributed by atoms with Gasteiger partial charge in [0.25, 0.3) is 0 Å². The van der Waals surface area contributed by atoms with Gasteiger partial charge in [-0.3, -0.25) is 0 Å². The number of phenolic OH excluding ortho intramolecular Hbond substituents is 2. The van der Waals surface area contributed by atoms with Gasteiger partial charge in [0, 0.05) is 18.2 Å². The summed E-state index contributed by atoms with van der Waals surface area (Å²) in [4.78, 5) is 12.1. The fraction of sp³-hybridized carbons (Fsp3) is 0.294. The van der Waals surface area contributed by atoms with E-state index in [1.807, 2.05) is 13.0 Å². The zero-order valence-electron chi connectivity index (χ0n) is 12.6. The molecule has 0 unspecified atom stereocenters. The maximum atomic E-state index is 12.1. The van der Waals surface area contributed by atoms with Crippen LogP contribution in [-0.4, -0.2) is 28.5 Å². The number of aromatic hydroxyl groups is 2. The fourth-order valence-electron chi connectivity index (χ4n) is 1.88. The second-order valence-corrected chi connectivity index (χ2v) is 4.72. The summed E-state index contributed by atoms with van der Waals surface area (Å²) in [5, 5.41) is 27.4. The summed E-state index contributed by atoms with van der Waals surface area (Å²) >= 11 is 0. The Hall–Kier alpha value is -2.56. The van der Waals surface area contributed by atoms with Crippen LogP contribution in [0.1, 0.15) is 35.7 Å². The van der Waals surface area contributed by atoms with E-state index >= 15 is 0 Å². The zero-order valence-corrected chi connectivity index (χ0v) is 12.6. The Bertz CT molecular complexity index is 591. The van der Waals surface area contributed by atoms with Gasteiger partial charge in [0.1, 0.15) is 17.1 Å². The lowest BCUT2D eigenvalue weighted by atomic mass is 10.00. The molecule has 1 aromatic rings. The first-order valence-electron chi connectivity index (χ1n) is 7.06. The third kappa shape index (κ3) is 5.09. The van der Waals surface area contributed by atoms with Crippen molar-refractivity contribution in [3.05, 3.63) is 48.1 Å². The second kappa shape index (κ2) is 8.67. The van der Waals surface area contributed by atoms with E-state index in [0.29, 0.717) is 12.0 Å². The van der Waals surface area contributed by atoms with E-state index in [4.69, 9.17) is 10.1 Å². The predicted molar refractivity (Wildman–Crippen MR) is 85.7 cm³/mol. The smallest absolute Gasteiger partial charge is 0.342 e. The standard InChI is InChI=1S/C17H21NO4/c1-3-5-7-13(18)9-12-10-14(19)11-15(20)16(12)17(21)22-8-6-4-2/h4-5,7,10-11,18-20H,2-3,6,8-9H2,1H3/b7-5+,18-13?. The van der Waals surface area contributed by atoms with Gasteiger partial charge in [-0.2, -0.15) is 0 Å². The molecule has 0 aliphatic carbocycles. The summed E-state index contributed by atoms with van der Waals surface area (Å²) in [5.41, 5.74) is 0.607. The van der Waals surface area contributed by atoms with Crippen LogP contribution in [0.15, 0.2) is 36.9 Å². The molecule has 0 aromatic heterocycles. The van der Waals surface area contributed by atoms with E-state index in [1.54, 1.807) is 12.2 Å². The molecular formula is C17H21NO4. The van der Waals surface area contributed by atoms with Crippen LogP contribution in [0.2, 0.25) is 0 Å². The number of benzene rings is 1. The highest BCUT2D eigenvalue weighted by Gasteiger charge is 2.19. The van der Waals surface area contributed by atoms with E-state index in [0.717, 1.165) is 12.5 Å². The van der Waals surface area contributed by atoms with Crippen LogP contribution in [0.3, 0.4) is 0 Å². The van der Waals surface area contributed by atoms with Crippen LogP contribution in [0.4, 0.5) is 0 Å². The van der Waals surface area contributed by atoms with E-state index in [-0.39, 0.29) is 35.8 Å². The predicted octanol–water partition coefficient (Wildman–Crippen LogP) is 3.36. The minimum absolute atomic E-state index is 0.0171. The first-order valence-corrected chi connectivity index (χ1v) is 7.06. The molecule has 0 bridgehead atoms. The summed E-state index contributed by atoms with van der Waals surface area (Å²) < 4.78 is 5.05. The number of hydrogen-bond acceptors (Lipinski definition) is 5. The lowest BCUT2D eigenvalue weighted by Crippen LogP contribution is -2.11. The number of hydrogen-bond donors (Lipinski definition) is 3. The molecule has 0 spiro atoms. The number of carbonyl (C=O) groups is 1. The molecule has 1 rings (SSSR count). The highest BCUT2D eigenvalue weighted by atomic mass is 16.5. The van der Waals surface area contributed by atoms with E-state index in [2.05, 4.69) is 6.58 Å². The monoisotopic (exact) mass is 303 g/mol. The number of allylic oxidation sites excluding steroid dienone is 2. The molecule has 0 fully saturated rings. The summed E-state index contributed by atoms with van der Waals surface area (Å²) in [7, 11) is 0. The zero-order chi connectivity index (χ0) is 16.5. The van der Waals surface area contributed by atoms with Crippen molar-refractivity contribution >= 4 is 11.7 Å². The van der Waals surface area contributed by atoms with Gasteiger partial charge in [-0.15, -0.1) is 6.58 Å². The van der Waals surface area contributed by atoms with Crippen LogP contribution in [0.5, 0.6) is 11.5 Å². The Morgan fingerprint density at radius 3 is 2.77 bits per heavy atom. The Balaban J connectivity index is 3.04. The number of ether oxygens (including phenoxy) is 1. The molecule has 118 valence electrons. The Morgan fingerprint density at radius 2 is 2.14 bits per heavy atom. The Labute approximate surface area is 130 Å².